The Balaban J connectivity index is 1.71. The van der Waals surface area contributed by atoms with Gasteiger partial charge in [-0.2, -0.15) is 0 Å². The summed E-state index contributed by atoms with van der Waals surface area (Å²) in [6, 6.07) is 11.4. The molecule has 2 heterocycles. The number of hydrogen-bond donors (Lipinski definition) is 0. The first-order valence-electron chi connectivity index (χ1n) is 13.4. The lowest BCUT2D eigenvalue weighted by atomic mass is 9.69. The molecule has 3 aromatic rings. The van der Waals surface area contributed by atoms with Crippen molar-refractivity contribution >= 4 is 34.5 Å². The van der Waals surface area contributed by atoms with Gasteiger partial charge in [-0.3, -0.25) is 0 Å². The van der Waals surface area contributed by atoms with Crippen LogP contribution in [-0.2, 0) is 20.7 Å². The van der Waals surface area contributed by atoms with Crippen LogP contribution in [0.3, 0.4) is 0 Å². The molecule has 8 nitrogen and oxygen atoms in total. The monoisotopic (exact) mass is 545 g/mol. The van der Waals surface area contributed by atoms with Crippen LogP contribution in [0.1, 0.15) is 60.8 Å². The molecule has 1 fully saturated rings. The molecular formula is C32H35NO7. The molecule has 5 rings (SSSR count). The lowest BCUT2D eigenvalue weighted by molar-refractivity contribution is -0.145. The Hall–Kier alpha value is -4.07. The normalized spacial score (nSPS) is 19.8. The van der Waals surface area contributed by atoms with Crippen LogP contribution in [0.15, 0.2) is 36.4 Å². The van der Waals surface area contributed by atoms with Crippen LogP contribution in [0.4, 0.5) is 0 Å². The minimum atomic E-state index is -0.897. The molecule has 8 heteroatoms. The van der Waals surface area contributed by atoms with E-state index in [1.807, 2.05) is 36.4 Å². The van der Waals surface area contributed by atoms with Crippen LogP contribution in [0.5, 0.6) is 17.2 Å². The van der Waals surface area contributed by atoms with Crippen LogP contribution in [0, 0.1) is 11.3 Å². The molecule has 2 aliphatic rings. The summed E-state index contributed by atoms with van der Waals surface area (Å²) in [6.45, 7) is 6.88. The largest absolute Gasteiger partial charge is 0.493 e. The molecule has 0 saturated carbocycles. The lowest BCUT2D eigenvalue weighted by Gasteiger charge is -2.36. The molecule has 40 heavy (non-hydrogen) atoms. The molecular weight excluding hydrogens is 510 g/mol. The average molecular weight is 546 g/mol. The highest BCUT2D eigenvalue weighted by Crippen LogP contribution is 2.46. The fourth-order valence-corrected chi connectivity index (χ4v) is 5.53. The Morgan fingerprint density at radius 1 is 1.02 bits per heavy atom. The summed E-state index contributed by atoms with van der Waals surface area (Å²) < 4.78 is 27.4. The number of esters is 2. The summed E-state index contributed by atoms with van der Waals surface area (Å²) in [6.07, 6.45) is 2.95. The van der Waals surface area contributed by atoms with E-state index in [1.165, 1.54) is 0 Å². The van der Waals surface area contributed by atoms with Gasteiger partial charge in [-0.25, -0.2) is 14.6 Å². The SMILES string of the molecule is COc1cc(/C=C2/CC(C(C)(C)C)Cc3c2nc2ccccc2c3C(=O)OC2CCOC2=O)cc(OC)c1OC. The van der Waals surface area contributed by atoms with Gasteiger partial charge in [0.2, 0.25) is 11.9 Å². The molecule has 1 aliphatic carbocycles. The molecule has 1 aliphatic heterocycles. The molecule has 0 amide bonds. The van der Waals surface area contributed by atoms with Gasteiger partial charge in [-0.15, -0.1) is 0 Å². The number of fused-ring (bicyclic) bond motifs is 2. The first kappa shape index (κ1) is 27.5. The van der Waals surface area contributed by atoms with Crippen molar-refractivity contribution in [1.82, 2.24) is 4.98 Å². The quantitative estimate of drug-likeness (QED) is 0.355. The number of aromatic nitrogens is 1. The number of carbonyl (C=O) groups excluding carboxylic acids is 2. The maximum Gasteiger partial charge on any atom is 0.347 e. The number of cyclic esters (lactones) is 1. The second-order valence-electron chi connectivity index (χ2n) is 11.3. The van der Waals surface area contributed by atoms with Gasteiger partial charge in [0.15, 0.2) is 11.5 Å². The number of pyridine rings is 1. The third-order valence-corrected chi connectivity index (χ3v) is 7.81. The molecule has 2 unspecified atom stereocenters. The Morgan fingerprint density at radius 3 is 2.33 bits per heavy atom. The molecule has 0 bridgehead atoms. The van der Waals surface area contributed by atoms with E-state index in [-0.39, 0.29) is 17.9 Å². The Bertz CT molecular complexity index is 1480. The predicted octanol–water partition coefficient (Wildman–Crippen LogP) is 5.88. The summed E-state index contributed by atoms with van der Waals surface area (Å²) in [5, 5.41) is 0.708. The van der Waals surface area contributed by atoms with Gasteiger partial charge in [0.1, 0.15) is 0 Å². The number of para-hydroxylation sites is 1. The molecule has 1 aromatic heterocycles. The Labute approximate surface area is 234 Å². The first-order chi connectivity index (χ1) is 19.1. The maximum atomic E-state index is 13.8. The van der Waals surface area contributed by atoms with Crippen LogP contribution in [-0.4, -0.2) is 51.0 Å². The minimum Gasteiger partial charge on any atom is -0.493 e. The van der Waals surface area contributed by atoms with Gasteiger partial charge < -0.3 is 23.7 Å². The summed E-state index contributed by atoms with van der Waals surface area (Å²) in [4.78, 5) is 31.0. The Kier molecular flexibility index (Phi) is 7.45. The number of nitrogens with zero attached hydrogens (tertiary/aromatic N) is 1. The first-order valence-corrected chi connectivity index (χ1v) is 13.4. The fraction of sp³-hybridized carbons (Fsp3) is 0.406. The van der Waals surface area contributed by atoms with Crippen molar-refractivity contribution in [3.05, 3.63) is 58.8 Å². The van der Waals surface area contributed by atoms with E-state index in [1.54, 1.807) is 21.3 Å². The van der Waals surface area contributed by atoms with E-state index in [4.69, 9.17) is 28.7 Å². The Morgan fingerprint density at radius 2 is 1.73 bits per heavy atom. The number of rotatable bonds is 6. The van der Waals surface area contributed by atoms with E-state index in [0.717, 1.165) is 28.8 Å². The number of carbonyl (C=O) groups is 2. The molecule has 0 radical (unpaired) electrons. The number of methoxy groups -OCH3 is 3. The second kappa shape index (κ2) is 10.8. The highest BCUT2D eigenvalue weighted by molar-refractivity contribution is 6.07. The van der Waals surface area contributed by atoms with Crippen molar-refractivity contribution < 1.29 is 33.3 Å². The van der Waals surface area contributed by atoms with Gasteiger partial charge in [0.25, 0.3) is 0 Å². The lowest BCUT2D eigenvalue weighted by Crippen LogP contribution is -2.30. The second-order valence-corrected chi connectivity index (χ2v) is 11.3. The number of ether oxygens (including phenoxy) is 5. The summed E-state index contributed by atoms with van der Waals surface area (Å²) >= 11 is 0. The van der Waals surface area contributed by atoms with E-state index in [9.17, 15) is 9.59 Å². The van der Waals surface area contributed by atoms with Gasteiger partial charge >= 0.3 is 11.9 Å². The van der Waals surface area contributed by atoms with Crippen LogP contribution < -0.4 is 14.2 Å². The third-order valence-electron chi connectivity index (χ3n) is 7.81. The highest BCUT2D eigenvalue weighted by Gasteiger charge is 2.37. The van der Waals surface area contributed by atoms with Crippen molar-refractivity contribution in [3.63, 3.8) is 0 Å². The molecule has 1 saturated heterocycles. The van der Waals surface area contributed by atoms with Gasteiger partial charge in [0, 0.05) is 11.8 Å². The zero-order valence-electron chi connectivity index (χ0n) is 23.8. The summed E-state index contributed by atoms with van der Waals surface area (Å²) in [7, 11) is 4.75. The van der Waals surface area contributed by atoms with Crippen molar-refractivity contribution in [2.45, 2.75) is 46.1 Å². The molecule has 0 N–H and O–H groups in total. The summed E-state index contributed by atoms with van der Waals surface area (Å²) in [5.74, 6) is 0.812. The smallest absolute Gasteiger partial charge is 0.347 e. The van der Waals surface area contributed by atoms with Gasteiger partial charge in [-0.1, -0.05) is 39.0 Å². The third kappa shape index (κ3) is 5.10. The zero-order valence-corrected chi connectivity index (χ0v) is 23.8. The molecule has 2 atom stereocenters. The van der Waals surface area contributed by atoms with E-state index >= 15 is 0 Å². The van der Waals surface area contributed by atoms with Crippen molar-refractivity contribution in [3.8, 4) is 17.2 Å². The standard InChI is InChI=1S/C32H35NO7/c1-32(2,3)20-16-19(13-18-14-25(36-4)29(38-6)26(15-18)37-5)28-22(17-20)27(21-9-7-8-10-23(21)33-28)31(35)40-24-11-12-39-30(24)34/h7-10,13-15,20,24H,11-12,16-17H2,1-6H3/b19-13-. The van der Waals surface area contributed by atoms with Crippen LogP contribution >= 0.6 is 0 Å². The van der Waals surface area contributed by atoms with E-state index in [2.05, 4.69) is 26.8 Å². The van der Waals surface area contributed by atoms with Gasteiger partial charge in [-0.05, 0) is 65.1 Å². The minimum absolute atomic E-state index is 0.0475. The van der Waals surface area contributed by atoms with Crippen LogP contribution in [0.2, 0.25) is 0 Å². The topological polar surface area (TPSA) is 93.2 Å². The van der Waals surface area contributed by atoms with E-state index in [0.29, 0.717) is 46.6 Å². The number of benzene rings is 2. The number of allylic oxidation sites excluding steroid dienone is 1. The summed E-state index contributed by atoms with van der Waals surface area (Å²) in [5.41, 5.74) is 4.55. The van der Waals surface area contributed by atoms with Crippen molar-refractivity contribution in [2.24, 2.45) is 11.3 Å². The van der Waals surface area contributed by atoms with Crippen molar-refractivity contribution in [2.75, 3.05) is 27.9 Å². The molecule has 210 valence electrons. The fourth-order valence-electron chi connectivity index (χ4n) is 5.53. The maximum absolute atomic E-state index is 13.8. The zero-order chi connectivity index (χ0) is 28.6. The highest BCUT2D eigenvalue weighted by atomic mass is 16.6. The van der Waals surface area contributed by atoms with Crippen LogP contribution in [0.25, 0.3) is 22.6 Å². The average Bonchev–Trinajstić information content (AvgIpc) is 3.34. The van der Waals surface area contributed by atoms with E-state index < -0.39 is 18.0 Å². The molecule has 0 spiro atoms. The predicted molar refractivity (Wildman–Crippen MR) is 152 cm³/mol. The number of hydrogen-bond acceptors (Lipinski definition) is 8. The van der Waals surface area contributed by atoms with Crippen molar-refractivity contribution in [1.29, 1.82) is 0 Å². The molecule has 2 aromatic carbocycles. The van der Waals surface area contributed by atoms with Gasteiger partial charge in [0.05, 0.1) is 44.7 Å².